The Balaban J connectivity index is 2.66. The molecule has 0 heterocycles. The molecular weight excluding hydrogens is 228 g/mol. The lowest BCUT2D eigenvalue weighted by atomic mass is 9.99. The van der Waals surface area contributed by atoms with E-state index < -0.39 is 0 Å². The Labute approximate surface area is 108 Å². The molecule has 0 aliphatic carbocycles. The maximum absolute atomic E-state index is 11.5. The first-order valence-electron chi connectivity index (χ1n) is 6.05. The molecule has 0 aliphatic heterocycles. The summed E-state index contributed by atoms with van der Waals surface area (Å²) in [5.74, 6) is -0.0866. The summed E-state index contributed by atoms with van der Waals surface area (Å²) in [6.45, 7) is 7.62. The highest BCUT2D eigenvalue weighted by Gasteiger charge is 2.13. The van der Waals surface area contributed by atoms with E-state index in [1.165, 1.54) is 0 Å². The predicted molar refractivity (Wildman–Crippen MR) is 71.6 cm³/mol. The van der Waals surface area contributed by atoms with Crippen LogP contribution in [0.1, 0.15) is 37.8 Å². The van der Waals surface area contributed by atoms with Crippen LogP contribution in [0.4, 0.5) is 0 Å². The average Bonchev–Trinajstić information content (AvgIpc) is 2.34. The zero-order valence-corrected chi connectivity index (χ0v) is 11.4. The van der Waals surface area contributed by atoms with Crippen LogP contribution in [0.2, 0.25) is 0 Å². The van der Waals surface area contributed by atoms with E-state index in [2.05, 4.69) is 0 Å². The van der Waals surface area contributed by atoms with E-state index in [9.17, 15) is 9.90 Å². The Morgan fingerprint density at radius 3 is 2.72 bits per heavy atom. The van der Waals surface area contributed by atoms with Crippen LogP contribution < -0.4 is 0 Å². The van der Waals surface area contributed by atoms with Crippen LogP contribution in [-0.4, -0.2) is 17.7 Å². The van der Waals surface area contributed by atoms with Crippen molar-refractivity contribution in [1.29, 1.82) is 0 Å². The molecule has 0 aliphatic rings. The molecule has 1 rings (SSSR count). The van der Waals surface area contributed by atoms with Crippen LogP contribution in [-0.2, 0) is 9.53 Å². The van der Waals surface area contributed by atoms with E-state index in [-0.39, 0.29) is 24.2 Å². The Morgan fingerprint density at radius 1 is 1.50 bits per heavy atom. The molecule has 0 amide bonds. The van der Waals surface area contributed by atoms with Crippen LogP contribution in [0.5, 0.6) is 5.75 Å². The molecule has 18 heavy (non-hydrogen) atoms. The first-order chi connectivity index (χ1) is 8.45. The standard InChI is InChI=1S/C15H20O3/c1-5-11(3)15(17)18-9-12(4)13-7-6-10(2)8-14(13)16/h5-8,12,16H,9H2,1-4H3/b11-5-/t12-/m1/s1. The number of allylic oxidation sites excluding steroid dienone is 1. The van der Waals surface area contributed by atoms with E-state index in [1.54, 1.807) is 26.0 Å². The smallest absolute Gasteiger partial charge is 0.333 e. The van der Waals surface area contributed by atoms with Crippen molar-refractivity contribution in [2.75, 3.05) is 6.61 Å². The second-order valence-electron chi connectivity index (χ2n) is 4.53. The van der Waals surface area contributed by atoms with E-state index >= 15 is 0 Å². The van der Waals surface area contributed by atoms with E-state index in [1.807, 2.05) is 26.0 Å². The van der Waals surface area contributed by atoms with Crippen molar-refractivity contribution in [3.05, 3.63) is 41.0 Å². The molecule has 1 N–H and O–H groups in total. The predicted octanol–water partition coefficient (Wildman–Crippen LogP) is 3.31. The number of aryl methyl sites for hydroxylation is 1. The van der Waals surface area contributed by atoms with Crippen LogP contribution in [0.25, 0.3) is 0 Å². The second kappa shape index (κ2) is 6.24. The summed E-state index contributed by atoms with van der Waals surface area (Å²) in [6.07, 6.45) is 1.72. The summed E-state index contributed by atoms with van der Waals surface area (Å²) in [7, 11) is 0. The van der Waals surface area contributed by atoms with Crippen molar-refractivity contribution in [1.82, 2.24) is 0 Å². The Hall–Kier alpha value is -1.77. The zero-order chi connectivity index (χ0) is 13.7. The highest BCUT2D eigenvalue weighted by atomic mass is 16.5. The topological polar surface area (TPSA) is 46.5 Å². The highest BCUT2D eigenvalue weighted by molar-refractivity contribution is 5.87. The Bertz CT molecular complexity index is 461. The molecule has 0 bridgehead atoms. The number of ether oxygens (including phenoxy) is 1. The summed E-state index contributed by atoms with van der Waals surface area (Å²) in [5, 5.41) is 9.83. The molecule has 3 nitrogen and oxygen atoms in total. The Kier molecular flexibility index (Phi) is 4.95. The van der Waals surface area contributed by atoms with Gasteiger partial charge in [-0.2, -0.15) is 0 Å². The number of carbonyl (C=O) groups is 1. The summed E-state index contributed by atoms with van der Waals surface area (Å²) in [4.78, 5) is 11.5. The molecule has 0 fully saturated rings. The number of aromatic hydroxyl groups is 1. The van der Waals surface area contributed by atoms with Crippen molar-refractivity contribution < 1.29 is 14.6 Å². The fourth-order valence-electron chi connectivity index (χ4n) is 1.59. The number of rotatable bonds is 4. The molecule has 0 unspecified atom stereocenters. The number of hydrogen-bond donors (Lipinski definition) is 1. The van der Waals surface area contributed by atoms with Crippen LogP contribution >= 0.6 is 0 Å². The maximum Gasteiger partial charge on any atom is 0.333 e. The quantitative estimate of drug-likeness (QED) is 0.656. The minimum atomic E-state index is -0.309. The van der Waals surface area contributed by atoms with Crippen LogP contribution in [0.15, 0.2) is 29.8 Å². The summed E-state index contributed by atoms with van der Waals surface area (Å²) in [6, 6.07) is 5.51. The van der Waals surface area contributed by atoms with Gasteiger partial charge in [-0.3, -0.25) is 0 Å². The number of phenols is 1. The summed E-state index contributed by atoms with van der Waals surface area (Å²) in [5.41, 5.74) is 2.40. The van der Waals surface area contributed by atoms with Crippen molar-refractivity contribution >= 4 is 5.97 Å². The van der Waals surface area contributed by atoms with Gasteiger partial charge < -0.3 is 9.84 Å². The number of benzene rings is 1. The third-order valence-corrected chi connectivity index (χ3v) is 2.94. The van der Waals surface area contributed by atoms with Crippen molar-refractivity contribution in [2.45, 2.75) is 33.6 Å². The van der Waals surface area contributed by atoms with Gasteiger partial charge in [0.1, 0.15) is 5.75 Å². The molecular formula is C15H20O3. The van der Waals surface area contributed by atoms with Crippen molar-refractivity contribution in [3.63, 3.8) is 0 Å². The van der Waals surface area contributed by atoms with Gasteiger partial charge in [-0.15, -0.1) is 0 Å². The minimum Gasteiger partial charge on any atom is -0.508 e. The van der Waals surface area contributed by atoms with Gasteiger partial charge in [-0.25, -0.2) is 4.79 Å². The molecule has 0 aromatic heterocycles. The fourth-order valence-corrected chi connectivity index (χ4v) is 1.59. The zero-order valence-electron chi connectivity index (χ0n) is 11.4. The molecule has 3 heteroatoms. The van der Waals surface area contributed by atoms with E-state index in [4.69, 9.17) is 4.74 Å². The van der Waals surface area contributed by atoms with Gasteiger partial charge in [0.05, 0.1) is 6.61 Å². The van der Waals surface area contributed by atoms with Gasteiger partial charge in [0.2, 0.25) is 0 Å². The third kappa shape index (κ3) is 3.62. The molecule has 0 saturated carbocycles. The molecule has 1 aromatic rings. The van der Waals surface area contributed by atoms with Gasteiger partial charge in [-0.1, -0.05) is 25.1 Å². The first kappa shape index (κ1) is 14.3. The van der Waals surface area contributed by atoms with Crippen LogP contribution in [0.3, 0.4) is 0 Å². The van der Waals surface area contributed by atoms with Crippen molar-refractivity contribution in [3.8, 4) is 5.75 Å². The van der Waals surface area contributed by atoms with Gasteiger partial charge in [0.25, 0.3) is 0 Å². The lowest BCUT2D eigenvalue weighted by Crippen LogP contribution is -2.11. The van der Waals surface area contributed by atoms with Crippen LogP contribution in [0, 0.1) is 6.92 Å². The van der Waals surface area contributed by atoms with Gasteiger partial charge in [0.15, 0.2) is 0 Å². The monoisotopic (exact) mass is 248 g/mol. The van der Waals surface area contributed by atoms with Crippen molar-refractivity contribution in [2.24, 2.45) is 0 Å². The molecule has 0 spiro atoms. The molecule has 0 saturated heterocycles. The summed E-state index contributed by atoms with van der Waals surface area (Å²) < 4.78 is 5.18. The SMILES string of the molecule is C/C=C(/C)C(=O)OC[C@@H](C)c1ccc(C)cc1O. The molecule has 1 aromatic carbocycles. The molecule has 1 atom stereocenters. The first-order valence-corrected chi connectivity index (χ1v) is 6.05. The number of hydrogen-bond acceptors (Lipinski definition) is 3. The van der Waals surface area contributed by atoms with Gasteiger partial charge in [-0.05, 0) is 32.4 Å². The lowest BCUT2D eigenvalue weighted by Gasteiger charge is -2.14. The summed E-state index contributed by atoms with van der Waals surface area (Å²) >= 11 is 0. The average molecular weight is 248 g/mol. The second-order valence-corrected chi connectivity index (χ2v) is 4.53. The number of carbonyl (C=O) groups excluding carboxylic acids is 1. The van der Waals surface area contributed by atoms with Gasteiger partial charge >= 0.3 is 5.97 Å². The third-order valence-electron chi connectivity index (χ3n) is 2.94. The minimum absolute atomic E-state index is 0.0285. The fraction of sp³-hybridized carbons (Fsp3) is 0.400. The number of phenolic OH excluding ortho intramolecular Hbond substituents is 1. The largest absolute Gasteiger partial charge is 0.508 e. The number of esters is 1. The molecule has 0 radical (unpaired) electrons. The van der Waals surface area contributed by atoms with Gasteiger partial charge in [0, 0.05) is 17.1 Å². The van der Waals surface area contributed by atoms with E-state index in [0.29, 0.717) is 5.57 Å². The Morgan fingerprint density at radius 2 is 2.17 bits per heavy atom. The highest BCUT2D eigenvalue weighted by Crippen LogP contribution is 2.26. The lowest BCUT2D eigenvalue weighted by molar-refractivity contribution is -0.139. The maximum atomic E-state index is 11.5. The molecule has 98 valence electrons. The van der Waals surface area contributed by atoms with E-state index in [0.717, 1.165) is 11.1 Å². The normalized spacial score (nSPS) is 13.2.